The van der Waals surface area contributed by atoms with Gasteiger partial charge < -0.3 is 20.9 Å². The summed E-state index contributed by atoms with van der Waals surface area (Å²) >= 11 is 0. The lowest BCUT2D eigenvalue weighted by molar-refractivity contribution is -0.161. The summed E-state index contributed by atoms with van der Waals surface area (Å²) in [5.41, 5.74) is 9.55. The van der Waals surface area contributed by atoms with E-state index in [-0.39, 0.29) is 24.3 Å². The summed E-state index contributed by atoms with van der Waals surface area (Å²) in [4.78, 5) is 40.9. The summed E-state index contributed by atoms with van der Waals surface area (Å²) in [7, 11) is 1.65. The van der Waals surface area contributed by atoms with Crippen LogP contribution in [0.2, 0.25) is 0 Å². The molecule has 0 unspecified atom stereocenters. The summed E-state index contributed by atoms with van der Waals surface area (Å²) in [6.07, 6.45) is 5.90. The number of hydrogen-bond acceptors (Lipinski definition) is 4. The van der Waals surface area contributed by atoms with E-state index in [0.717, 1.165) is 16.7 Å². The molecule has 1 fully saturated rings. The third-order valence-electron chi connectivity index (χ3n) is 6.23. The van der Waals surface area contributed by atoms with Crippen LogP contribution in [0.5, 0.6) is 0 Å². The number of nitrogens with one attached hydrogen (secondary N) is 1. The van der Waals surface area contributed by atoms with Crippen LogP contribution in [0.4, 0.5) is 11.4 Å². The lowest BCUT2D eigenvalue weighted by Crippen LogP contribution is -2.63. The number of nitrogens with zero attached hydrogens (tertiary/aromatic N) is 2. The van der Waals surface area contributed by atoms with Gasteiger partial charge in [0.15, 0.2) is 0 Å². The molecule has 2 aromatic rings. The molecule has 0 spiro atoms. The highest BCUT2D eigenvalue weighted by Gasteiger charge is 2.43. The molecule has 1 saturated heterocycles. The zero-order chi connectivity index (χ0) is 25.0. The SMILES string of the molecule is C/C=C\C=C(/C)c1ccc(N)c(NC(=O)c2ccc(CN3CC(=O)N(C)C(C)(C)C3=O)cc2)c1. The van der Waals surface area contributed by atoms with Crippen molar-refractivity contribution >= 4 is 34.7 Å². The fourth-order valence-electron chi connectivity index (χ4n) is 3.73. The first-order valence-corrected chi connectivity index (χ1v) is 11.2. The van der Waals surface area contributed by atoms with Crippen molar-refractivity contribution in [2.45, 2.75) is 39.8 Å². The summed E-state index contributed by atoms with van der Waals surface area (Å²) < 4.78 is 0. The lowest BCUT2D eigenvalue weighted by atomic mass is 9.97. The van der Waals surface area contributed by atoms with Gasteiger partial charge in [0.1, 0.15) is 12.1 Å². The molecule has 34 heavy (non-hydrogen) atoms. The minimum atomic E-state index is -0.885. The Morgan fingerprint density at radius 2 is 1.76 bits per heavy atom. The molecular weight excluding hydrogens is 428 g/mol. The minimum Gasteiger partial charge on any atom is -0.397 e. The van der Waals surface area contributed by atoms with E-state index in [1.165, 1.54) is 4.90 Å². The number of carbonyl (C=O) groups excluding carboxylic acids is 3. The van der Waals surface area contributed by atoms with Gasteiger partial charge in [-0.05, 0) is 68.7 Å². The minimum absolute atomic E-state index is 0.0402. The number of benzene rings is 2. The summed E-state index contributed by atoms with van der Waals surface area (Å²) in [6.45, 7) is 7.77. The molecule has 3 amide bonds. The number of likely N-dealkylation sites (N-methyl/N-ethyl adjacent to an activating group) is 1. The third-order valence-corrected chi connectivity index (χ3v) is 6.23. The lowest BCUT2D eigenvalue weighted by Gasteiger charge is -2.43. The van der Waals surface area contributed by atoms with E-state index in [1.54, 1.807) is 56.1 Å². The Balaban J connectivity index is 1.72. The van der Waals surface area contributed by atoms with Crippen molar-refractivity contribution in [2.24, 2.45) is 0 Å². The van der Waals surface area contributed by atoms with Crippen LogP contribution < -0.4 is 11.1 Å². The first kappa shape index (κ1) is 24.8. The molecule has 0 atom stereocenters. The van der Waals surface area contributed by atoms with Crippen molar-refractivity contribution < 1.29 is 14.4 Å². The first-order chi connectivity index (χ1) is 16.0. The molecule has 3 N–H and O–H groups in total. The normalized spacial score (nSPS) is 16.3. The van der Waals surface area contributed by atoms with Gasteiger partial charge in [0, 0.05) is 19.2 Å². The van der Waals surface area contributed by atoms with Crippen LogP contribution in [0, 0.1) is 0 Å². The molecule has 1 aliphatic rings. The molecule has 7 nitrogen and oxygen atoms in total. The van der Waals surface area contributed by atoms with Gasteiger partial charge >= 0.3 is 0 Å². The first-order valence-electron chi connectivity index (χ1n) is 11.2. The molecule has 7 heteroatoms. The van der Waals surface area contributed by atoms with E-state index in [4.69, 9.17) is 5.73 Å². The van der Waals surface area contributed by atoms with Gasteiger partial charge in [-0.15, -0.1) is 0 Å². The number of hydrogen-bond donors (Lipinski definition) is 2. The Kier molecular flexibility index (Phi) is 7.25. The van der Waals surface area contributed by atoms with E-state index in [9.17, 15) is 14.4 Å². The quantitative estimate of drug-likeness (QED) is 0.502. The van der Waals surface area contributed by atoms with Crippen molar-refractivity contribution in [1.82, 2.24) is 9.80 Å². The molecule has 0 radical (unpaired) electrons. The van der Waals surface area contributed by atoms with Gasteiger partial charge in [-0.2, -0.15) is 0 Å². The zero-order valence-electron chi connectivity index (χ0n) is 20.4. The van der Waals surface area contributed by atoms with Gasteiger partial charge in [0.25, 0.3) is 5.91 Å². The average molecular weight is 461 g/mol. The molecule has 1 heterocycles. The second-order valence-electron chi connectivity index (χ2n) is 9.00. The monoisotopic (exact) mass is 460 g/mol. The maximum Gasteiger partial charge on any atom is 0.255 e. The van der Waals surface area contributed by atoms with Gasteiger partial charge in [-0.25, -0.2) is 0 Å². The summed E-state index contributed by atoms with van der Waals surface area (Å²) in [6, 6.07) is 12.5. The topological polar surface area (TPSA) is 95.7 Å². The zero-order valence-corrected chi connectivity index (χ0v) is 20.4. The van der Waals surface area contributed by atoms with Crippen LogP contribution in [0.25, 0.3) is 5.57 Å². The second-order valence-corrected chi connectivity index (χ2v) is 9.00. The maximum absolute atomic E-state index is 12.8. The van der Waals surface area contributed by atoms with E-state index in [1.807, 2.05) is 44.2 Å². The van der Waals surface area contributed by atoms with Crippen LogP contribution in [0.3, 0.4) is 0 Å². The molecule has 0 aliphatic carbocycles. The number of piperazine rings is 1. The molecule has 0 saturated carbocycles. The predicted octanol–water partition coefficient (Wildman–Crippen LogP) is 4.08. The molecule has 1 aliphatic heterocycles. The van der Waals surface area contributed by atoms with Crippen molar-refractivity contribution in [1.29, 1.82) is 0 Å². The largest absolute Gasteiger partial charge is 0.397 e. The molecule has 3 rings (SSSR count). The third kappa shape index (κ3) is 5.20. The van der Waals surface area contributed by atoms with Crippen LogP contribution in [-0.2, 0) is 16.1 Å². The molecule has 178 valence electrons. The smallest absolute Gasteiger partial charge is 0.255 e. The Hall–Kier alpha value is -3.87. The molecule has 0 aromatic heterocycles. The number of nitrogens with two attached hydrogens (primary N) is 1. The van der Waals surface area contributed by atoms with E-state index < -0.39 is 5.54 Å². The highest BCUT2D eigenvalue weighted by Crippen LogP contribution is 2.26. The van der Waals surface area contributed by atoms with Crippen LogP contribution in [0.15, 0.2) is 60.7 Å². The number of nitrogen functional groups attached to an aromatic ring is 1. The van der Waals surface area contributed by atoms with Crippen molar-refractivity contribution in [3.05, 3.63) is 77.4 Å². The van der Waals surface area contributed by atoms with E-state index in [0.29, 0.717) is 23.5 Å². The number of carbonyl (C=O) groups is 3. The molecular formula is C27H32N4O3. The Morgan fingerprint density at radius 3 is 2.41 bits per heavy atom. The highest BCUT2D eigenvalue weighted by atomic mass is 16.2. The van der Waals surface area contributed by atoms with Gasteiger partial charge in [0.05, 0.1) is 11.4 Å². The van der Waals surface area contributed by atoms with E-state index >= 15 is 0 Å². The Labute approximate surface area is 200 Å². The van der Waals surface area contributed by atoms with Crippen LogP contribution in [0.1, 0.15) is 49.2 Å². The number of amides is 3. The number of rotatable bonds is 6. The van der Waals surface area contributed by atoms with Crippen molar-refractivity contribution in [3.63, 3.8) is 0 Å². The van der Waals surface area contributed by atoms with E-state index in [2.05, 4.69) is 5.32 Å². The van der Waals surface area contributed by atoms with Crippen molar-refractivity contribution in [2.75, 3.05) is 24.6 Å². The fourth-order valence-corrected chi connectivity index (χ4v) is 3.73. The van der Waals surface area contributed by atoms with Gasteiger partial charge in [-0.3, -0.25) is 14.4 Å². The molecule has 0 bridgehead atoms. The Bertz CT molecular complexity index is 1160. The summed E-state index contributed by atoms with van der Waals surface area (Å²) in [5.74, 6) is -0.487. The Morgan fingerprint density at radius 1 is 1.12 bits per heavy atom. The molecule has 2 aromatic carbocycles. The number of anilines is 2. The summed E-state index contributed by atoms with van der Waals surface area (Å²) in [5, 5.41) is 2.88. The van der Waals surface area contributed by atoms with Crippen LogP contribution in [-0.4, -0.2) is 46.7 Å². The highest BCUT2D eigenvalue weighted by molar-refractivity contribution is 6.06. The maximum atomic E-state index is 12.8. The average Bonchev–Trinajstić information content (AvgIpc) is 2.81. The van der Waals surface area contributed by atoms with Crippen LogP contribution >= 0.6 is 0 Å². The number of allylic oxidation sites excluding steroid dienone is 4. The van der Waals surface area contributed by atoms with Crippen molar-refractivity contribution in [3.8, 4) is 0 Å². The van der Waals surface area contributed by atoms with Gasteiger partial charge in [0.2, 0.25) is 11.8 Å². The van der Waals surface area contributed by atoms with Gasteiger partial charge in [-0.1, -0.05) is 36.4 Å². The standard InChI is InChI=1S/C27H32N4O3/c1-6-7-8-18(2)21-13-14-22(28)23(15-21)29-25(33)20-11-9-19(10-12-20)16-31-17-24(32)30(5)27(3,4)26(31)34/h6-15H,16-17,28H2,1-5H3,(H,29,33)/b7-6-,18-8+. The second kappa shape index (κ2) is 9.95. The predicted molar refractivity (Wildman–Crippen MR) is 136 cm³/mol. The fraction of sp³-hybridized carbons (Fsp3) is 0.296.